The molecule has 0 bridgehead atoms. The predicted octanol–water partition coefficient (Wildman–Crippen LogP) is 1.27. The predicted molar refractivity (Wildman–Crippen MR) is 51.9 cm³/mol. The van der Waals surface area contributed by atoms with Gasteiger partial charge in [-0.15, -0.1) is 0 Å². The van der Waals surface area contributed by atoms with Crippen molar-refractivity contribution < 1.29 is 27.9 Å². The fraction of sp³-hybridized carbons (Fsp3) is 0.300. The number of benzene rings is 1. The molecule has 17 heavy (non-hydrogen) atoms. The summed E-state index contributed by atoms with van der Waals surface area (Å²) in [5.74, 6) is -0.681. The van der Waals surface area contributed by atoms with Crippen LogP contribution in [0.15, 0.2) is 30.3 Å². The maximum atomic E-state index is 11.9. The molecule has 0 aliphatic heterocycles. The lowest BCUT2D eigenvalue weighted by Gasteiger charge is -2.14. The molecule has 0 aliphatic carbocycles. The molecule has 7 heteroatoms. The van der Waals surface area contributed by atoms with E-state index >= 15 is 0 Å². The van der Waals surface area contributed by atoms with E-state index in [9.17, 15) is 18.0 Å². The molecular formula is C10H10F3NO3. The zero-order chi connectivity index (χ0) is 12.9. The van der Waals surface area contributed by atoms with Gasteiger partial charge in [0.05, 0.1) is 0 Å². The Hall–Kier alpha value is -1.60. The highest BCUT2D eigenvalue weighted by atomic mass is 19.4. The number of rotatable bonds is 4. The molecule has 0 spiro atoms. The molecule has 0 heterocycles. The summed E-state index contributed by atoms with van der Waals surface area (Å²) in [6, 6.07) is 7.82. The third-order valence-corrected chi connectivity index (χ3v) is 1.82. The monoisotopic (exact) mass is 249 g/mol. The van der Waals surface area contributed by atoms with Gasteiger partial charge in [-0.05, 0) is 12.1 Å². The molecular weight excluding hydrogens is 239 g/mol. The molecule has 1 unspecified atom stereocenters. The van der Waals surface area contributed by atoms with Gasteiger partial charge in [0, 0.05) is 5.56 Å². The van der Waals surface area contributed by atoms with Gasteiger partial charge in [0.15, 0.2) is 6.10 Å². The average molecular weight is 249 g/mol. The number of halogens is 3. The number of carbonyl (C=O) groups excluding carboxylic acids is 1. The van der Waals surface area contributed by atoms with Crippen molar-refractivity contribution in [2.75, 3.05) is 6.61 Å². The second-order valence-electron chi connectivity index (χ2n) is 3.17. The third-order valence-electron chi connectivity index (χ3n) is 1.82. The number of amides is 1. The van der Waals surface area contributed by atoms with Crippen molar-refractivity contribution in [2.24, 2.45) is 0 Å². The molecule has 1 atom stereocenters. The summed E-state index contributed by atoms with van der Waals surface area (Å²) < 4.78 is 35.6. The molecule has 1 amide bonds. The molecule has 94 valence electrons. The van der Waals surface area contributed by atoms with Crippen LogP contribution in [-0.2, 0) is 4.84 Å². The van der Waals surface area contributed by atoms with Crippen LogP contribution in [0, 0.1) is 0 Å². The van der Waals surface area contributed by atoms with E-state index < -0.39 is 24.8 Å². The highest BCUT2D eigenvalue weighted by molar-refractivity contribution is 5.93. The molecule has 1 rings (SSSR count). The minimum Gasteiger partial charge on any atom is -0.381 e. The van der Waals surface area contributed by atoms with Crippen molar-refractivity contribution >= 4 is 5.91 Å². The third kappa shape index (κ3) is 4.41. The first-order valence-corrected chi connectivity index (χ1v) is 4.63. The van der Waals surface area contributed by atoms with Crippen molar-refractivity contribution in [3.05, 3.63) is 35.9 Å². The highest BCUT2D eigenvalue weighted by Gasteiger charge is 2.38. The minimum atomic E-state index is -4.77. The molecule has 0 radical (unpaired) electrons. The van der Waals surface area contributed by atoms with Crippen LogP contribution < -0.4 is 5.48 Å². The van der Waals surface area contributed by atoms with Crippen LogP contribution >= 0.6 is 0 Å². The first kappa shape index (κ1) is 13.5. The second-order valence-corrected chi connectivity index (χ2v) is 3.17. The van der Waals surface area contributed by atoms with Crippen LogP contribution in [0.3, 0.4) is 0 Å². The van der Waals surface area contributed by atoms with Gasteiger partial charge >= 0.3 is 6.18 Å². The minimum absolute atomic E-state index is 0.244. The smallest absolute Gasteiger partial charge is 0.381 e. The number of hydrogen-bond acceptors (Lipinski definition) is 3. The molecule has 2 N–H and O–H groups in total. The van der Waals surface area contributed by atoms with E-state index in [2.05, 4.69) is 4.84 Å². The van der Waals surface area contributed by atoms with Gasteiger partial charge in [-0.3, -0.25) is 9.63 Å². The fourth-order valence-corrected chi connectivity index (χ4v) is 0.929. The van der Waals surface area contributed by atoms with E-state index in [4.69, 9.17) is 5.11 Å². The Morgan fingerprint density at radius 1 is 1.35 bits per heavy atom. The molecule has 0 saturated heterocycles. The van der Waals surface area contributed by atoms with Crippen LogP contribution in [-0.4, -0.2) is 29.9 Å². The van der Waals surface area contributed by atoms with Crippen molar-refractivity contribution in [1.29, 1.82) is 0 Å². The van der Waals surface area contributed by atoms with Gasteiger partial charge in [0.25, 0.3) is 5.91 Å². The quantitative estimate of drug-likeness (QED) is 0.790. The largest absolute Gasteiger partial charge is 0.416 e. The first-order valence-electron chi connectivity index (χ1n) is 4.63. The highest BCUT2D eigenvalue weighted by Crippen LogP contribution is 2.19. The lowest BCUT2D eigenvalue weighted by molar-refractivity contribution is -0.221. The Morgan fingerprint density at radius 2 is 1.94 bits per heavy atom. The fourth-order valence-electron chi connectivity index (χ4n) is 0.929. The standard InChI is InChI=1S/C10H10F3NO3/c11-10(12,13)8(15)6-17-14-9(16)7-4-2-1-3-5-7/h1-5,8,15H,6H2,(H,14,16). The van der Waals surface area contributed by atoms with E-state index in [0.29, 0.717) is 0 Å². The number of alkyl halides is 3. The Labute approximate surface area is 95.0 Å². The van der Waals surface area contributed by atoms with Gasteiger partial charge in [0.2, 0.25) is 0 Å². The summed E-state index contributed by atoms with van der Waals surface area (Å²) in [4.78, 5) is 15.5. The van der Waals surface area contributed by atoms with Crippen molar-refractivity contribution in [3.8, 4) is 0 Å². The number of hydrogen-bond donors (Lipinski definition) is 2. The van der Waals surface area contributed by atoms with E-state index in [1.807, 2.05) is 0 Å². The van der Waals surface area contributed by atoms with Crippen LogP contribution in [0.1, 0.15) is 10.4 Å². The lowest BCUT2D eigenvalue weighted by Crippen LogP contribution is -2.36. The van der Waals surface area contributed by atoms with Gasteiger partial charge in [-0.25, -0.2) is 5.48 Å². The molecule has 1 aromatic carbocycles. The van der Waals surface area contributed by atoms with Crippen molar-refractivity contribution in [3.63, 3.8) is 0 Å². The summed E-state index contributed by atoms with van der Waals surface area (Å²) >= 11 is 0. The van der Waals surface area contributed by atoms with Gasteiger partial charge in [-0.2, -0.15) is 13.2 Å². The van der Waals surface area contributed by atoms with Crippen LogP contribution in [0.2, 0.25) is 0 Å². The van der Waals surface area contributed by atoms with Crippen LogP contribution in [0.4, 0.5) is 13.2 Å². The van der Waals surface area contributed by atoms with Crippen LogP contribution in [0.5, 0.6) is 0 Å². The normalized spacial score (nSPS) is 13.2. The Morgan fingerprint density at radius 3 is 2.47 bits per heavy atom. The molecule has 4 nitrogen and oxygen atoms in total. The Bertz CT molecular complexity index is 367. The Balaban J connectivity index is 2.35. The van der Waals surface area contributed by atoms with Crippen LogP contribution in [0.25, 0.3) is 0 Å². The number of hydroxylamine groups is 1. The number of aliphatic hydroxyl groups excluding tert-OH is 1. The van der Waals surface area contributed by atoms with E-state index in [1.165, 1.54) is 12.1 Å². The summed E-state index contributed by atoms with van der Waals surface area (Å²) in [5.41, 5.74) is 2.05. The Kier molecular flexibility index (Phi) is 4.47. The molecule has 0 saturated carbocycles. The average Bonchev–Trinajstić information content (AvgIpc) is 2.28. The molecule has 0 aromatic heterocycles. The maximum Gasteiger partial charge on any atom is 0.416 e. The summed E-state index contributed by atoms with van der Waals surface area (Å²) in [6.07, 6.45) is -7.39. The molecule has 1 aromatic rings. The van der Waals surface area contributed by atoms with Gasteiger partial charge in [0.1, 0.15) is 6.61 Å². The van der Waals surface area contributed by atoms with Gasteiger partial charge < -0.3 is 5.11 Å². The summed E-state index contributed by atoms with van der Waals surface area (Å²) in [7, 11) is 0. The first-order chi connectivity index (χ1) is 7.91. The van der Waals surface area contributed by atoms with E-state index in [-0.39, 0.29) is 5.56 Å². The number of nitrogens with one attached hydrogen (secondary N) is 1. The molecule has 0 fully saturated rings. The van der Waals surface area contributed by atoms with Gasteiger partial charge in [-0.1, -0.05) is 18.2 Å². The van der Waals surface area contributed by atoms with Crippen molar-refractivity contribution in [1.82, 2.24) is 5.48 Å². The maximum absolute atomic E-state index is 11.9. The summed E-state index contributed by atoms with van der Waals surface area (Å²) in [5, 5.41) is 8.57. The lowest BCUT2D eigenvalue weighted by atomic mass is 10.2. The van der Waals surface area contributed by atoms with E-state index in [1.54, 1.807) is 23.7 Å². The number of aliphatic hydroxyl groups is 1. The SMILES string of the molecule is O=C(NOCC(O)C(F)(F)F)c1ccccc1. The number of carbonyl (C=O) groups is 1. The topological polar surface area (TPSA) is 58.6 Å². The van der Waals surface area contributed by atoms with E-state index in [0.717, 1.165) is 0 Å². The second kappa shape index (κ2) is 5.65. The zero-order valence-corrected chi connectivity index (χ0v) is 8.57. The summed E-state index contributed by atoms with van der Waals surface area (Å²) in [6.45, 7) is -1.05. The zero-order valence-electron chi connectivity index (χ0n) is 8.57. The van der Waals surface area contributed by atoms with Crippen molar-refractivity contribution in [2.45, 2.75) is 12.3 Å². The molecule has 0 aliphatic rings.